The minimum Gasteiger partial charge on any atom is -0.330 e. The number of likely N-dealkylation sites (tertiary alicyclic amines) is 1. The summed E-state index contributed by atoms with van der Waals surface area (Å²) in [7, 11) is 0. The quantitative estimate of drug-likeness (QED) is 0.896. The summed E-state index contributed by atoms with van der Waals surface area (Å²) in [6, 6.07) is 1.91. The molecule has 20 heavy (non-hydrogen) atoms. The number of aromatic nitrogens is 2. The Morgan fingerprint density at radius 2 is 2.45 bits per heavy atom. The Kier molecular flexibility index (Phi) is 4.14. The van der Waals surface area contributed by atoms with Crippen LogP contribution in [-0.2, 0) is 6.54 Å². The molecule has 0 amide bonds. The minimum atomic E-state index is -0.0180. The lowest BCUT2D eigenvalue weighted by Gasteiger charge is -2.32. The molecule has 0 radical (unpaired) electrons. The number of rotatable bonds is 4. The van der Waals surface area contributed by atoms with Gasteiger partial charge in [-0.25, -0.2) is 4.98 Å². The van der Waals surface area contributed by atoms with Crippen LogP contribution >= 0.6 is 11.3 Å². The number of nitrogens with one attached hydrogen (secondary N) is 1. The summed E-state index contributed by atoms with van der Waals surface area (Å²) in [5.41, 5.74) is 6.44. The van der Waals surface area contributed by atoms with E-state index < -0.39 is 0 Å². The first kappa shape index (κ1) is 13.7. The van der Waals surface area contributed by atoms with E-state index >= 15 is 0 Å². The fourth-order valence-electron chi connectivity index (χ4n) is 2.97. The maximum atomic E-state index is 11.9. The van der Waals surface area contributed by atoms with Gasteiger partial charge in [-0.05, 0) is 49.7 Å². The van der Waals surface area contributed by atoms with Crippen molar-refractivity contribution >= 4 is 21.6 Å². The second kappa shape index (κ2) is 6.03. The van der Waals surface area contributed by atoms with Crippen LogP contribution in [0.3, 0.4) is 0 Å². The van der Waals surface area contributed by atoms with Crippen molar-refractivity contribution < 1.29 is 0 Å². The van der Waals surface area contributed by atoms with Crippen molar-refractivity contribution in [3.63, 3.8) is 0 Å². The van der Waals surface area contributed by atoms with E-state index in [0.29, 0.717) is 10.6 Å². The van der Waals surface area contributed by atoms with Crippen LogP contribution in [-0.4, -0.2) is 34.5 Å². The average molecular weight is 292 g/mol. The van der Waals surface area contributed by atoms with Gasteiger partial charge in [-0.15, -0.1) is 11.3 Å². The zero-order chi connectivity index (χ0) is 13.9. The van der Waals surface area contributed by atoms with Crippen LogP contribution in [0.25, 0.3) is 10.2 Å². The Balaban J connectivity index is 1.73. The Hall–Kier alpha value is -1.24. The van der Waals surface area contributed by atoms with E-state index in [1.807, 2.05) is 11.4 Å². The average Bonchev–Trinajstić information content (AvgIpc) is 2.88. The van der Waals surface area contributed by atoms with Crippen LogP contribution < -0.4 is 11.3 Å². The molecular formula is C14H20N4OS. The molecule has 0 saturated carbocycles. The normalized spacial score (nSPS) is 20.6. The topological polar surface area (TPSA) is 75.0 Å². The summed E-state index contributed by atoms with van der Waals surface area (Å²) in [4.78, 5) is 21.8. The molecule has 1 saturated heterocycles. The molecule has 1 aliphatic heterocycles. The summed E-state index contributed by atoms with van der Waals surface area (Å²) in [6.45, 7) is 3.62. The molecule has 6 heteroatoms. The SMILES string of the molecule is NCCC1CCCN(Cc2nc3ccsc3c(=O)[nH]2)C1. The molecule has 0 aromatic carbocycles. The zero-order valence-electron chi connectivity index (χ0n) is 11.5. The van der Waals surface area contributed by atoms with Crippen molar-refractivity contribution in [1.82, 2.24) is 14.9 Å². The van der Waals surface area contributed by atoms with Gasteiger partial charge in [-0.1, -0.05) is 0 Å². The highest BCUT2D eigenvalue weighted by Gasteiger charge is 2.20. The summed E-state index contributed by atoms with van der Waals surface area (Å²) in [5.74, 6) is 1.46. The van der Waals surface area contributed by atoms with Crippen LogP contribution in [0.5, 0.6) is 0 Å². The fraction of sp³-hybridized carbons (Fsp3) is 0.571. The van der Waals surface area contributed by atoms with Gasteiger partial charge in [-0.2, -0.15) is 0 Å². The maximum Gasteiger partial charge on any atom is 0.268 e. The van der Waals surface area contributed by atoms with Crippen molar-refractivity contribution in [2.75, 3.05) is 19.6 Å². The first-order valence-electron chi connectivity index (χ1n) is 7.15. The van der Waals surface area contributed by atoms with Crippen molar-refractivity contribution in [3.05, 3.63) is 27.6 Å². The molecule has 2 aromatic rings. The van der Waals surface area contributed by atoms with Gasteiger partial charge in [0.1, 0.15) is 10.5 Å². The van der Waals surface area contributed by atoms with E-state index in [9.17, 15) is 4.79 Å². The molecule has 108 valence electrons. The van der Waals surface area contributed by atoms with Gasteiger partial charge >= 0.3 is 0 Å². The predicted molar refractivity (Wildman–Crippen MR) is 81.9 cm³/mol. The number of aromatic amines is 1. The van der Waals surface area contributed by atoms with Crippen LogP contribution in [0, 0.1) is 5.92 Å². The van der Waals surface area contributed by atoms with Gasteiger partial charge in [0.25, 0.3) is 5.56 Å². The van der Waals surface area contributed by atoms with Gasteiger partial charge in [0.15, 0.2) is 0 Å². The largest absolute Gasteiger partial charge is 0.330 e. The van der Waals surface area contributed by atoms with Gasteiger partial charge in [-0.3, -0.25) is 9.69 Å². The van der Waals surface area contributed by atoms with E-state index in [-0.39, 0.29) is 5.56 Å². The molecule has 1 fully saturated rings. The molecule has 1 aliphatic rings. The highest BCUT2D eigenvalue weighted by atomic mass is 32.1. The summed E-state index contributed by atoms with van der Waals surface area (Å²) in [6.07, 6.45) is 3.56. The number of hydrogen-bond donors (Lipinski definition) is 2. The van der Waals surface area contributed by atoms with Crippen molar-refractivity contribution in [2.24, 2.45) is 11.7 Å². The number of thiophene rings is 1. The molecule has 3 heterocycles. The van der Waals surface area contributed by atoms with E-state index in [1.165, 1.54) is 24.2 Å². The molecule has 0 aliphatic carbocycles. The highest BCUT2D eigenvalue weighted by Crippen LogP contribution is 2.20. The Labute approximate surface area is 121 Å². The Morgan fingerprint density at radius 1 is 1.55 bits per heavy atom. The molecule has 3 rings (SSSR count). The highest BCUT2D eigenvalue weighted by molar-refractivity contribution is 7.17. The molecule has 2 aromatic heterocycles. The maximum absolute atomic E-state index is 11.9. The molecule has 3 N–H and O–H groups in total. The molecule has 0 spiro atoms. The van der Waals surface area contributed by atoms with Crippen LogP contribution in [0.1, 0.15) is 25.1 Å². The van der Waals surface area contributed by atoms with E-state index in [4.69, 9.17) is 5.73 Å². The molecule has 1 unspecified atom stereocenters. The fourth-order valence-corrected chi connectivity index (χ4v) is 3.70. The number of hydrogen-bond acceptors (Lipinski definition) is 5. The first-order valence-corrected chi connectivity index (χ1v) is 8.03. The summed E-state index contributed by atoms with van der Waals surface area (Å²) >= 11 is 1.44. The number of piperidine rings is 1. The van der Waals surface area contributed by atoms with Crippen molar-refractivity contribution in [2.45, 2.75) is 25.8 Å². The lowest BCUT2D eigenvalue weighted by molar-refractivity contribution is 0.160. The lowest BCUT2D eigenvalue weighted by Crippen LogP contribution is -2.36. The van der Waals surface area contributed by atoms with Crippen LogP contribution in [0.4, 0.5) is 0 Å². The molecule has 5 nitrogen and oxygen atoms in total. The third kappa shape index (κ3) is 2.92. The third-order valence-electron chi connectivity index (χ3n) is 3.92. The second-order valence-electron chi connectivity index (χ2n) is 5.47. The molecule has 0 bridgehead atoms. The van der Waals surface area contributed by atoms with Gasteiger partial charge < -0.3 is 10.7 Å². The number of fused-ring (bicyclic) bond motifs is 1. The monoisotopic (exact) mass is 292 g/mol. The summed E-state index contributed by atoms with van der Waals surface area (Å²) < 4.78 is 0.716. The van der Waals surface area contributed by atoms with Crippen molar-refractivity contribution in [1.29, 1.82) is 0 Å². The number of H-pyrrole nitrogens is 1. The van der Waals surface area contributed by atoms with Crippen LogP contribution in [0.2, 0.25) is 0 Å². The standard InChI is InChI=1S/C14H20N4OS/c15-5-3-10-2-1-6-18(8-10)9-12-16-11-4-7-20-13(11)14(19)17-12/h4,7,10H,1-3,5-6,8-9,15H2,(H,16,17,19). The van der Waals surface area contributed by atoms with Crippen molar-refractivity contribution in [3.8, 4) is 0 Å². The zero-order valence-corrected chi connectivity index (χ0v) is 12.3. The van der Waals surface area contributed by atoms with Gasteiger partial charge in [0.2, 0.25) is 0 Å². The van der Waals surface area contributed by atoms with Gasteiger partial charge in [0, 0.05) is 6.54 Å². The Bertz CT molecular complexity index is 633. The smallest absolute Gasteiger partial charge is 0.268 e. The molecule has 1 atom stereocenters. The Morgan fingerprint density at radius 3 is 3.30 bits per heavy atom. The summed E-state index contributed by atoms with van der Waals surface area (Å²) in [5, 5.41) is 1.91. The number of nitrogens with zero attached hydrogens (tertiary/aromatic N) is 2. The third-order valence-corrected chi connectivity index (χ3v) is 4.82. The second-order valence-corrected chi connectivity index (χ2v) is 6.38. The molecular weight excluding hydrogens is 272 g/mol. The van der Waals surface area contributed by atoms with E-state index in [0.717, 1.165) is 43.9 Å². The van der Waals surface area contributed by atoms with Crippen LogP contribution in [0.15, 0.2) is 16.2 Å². The van der Waals surface area contributed by atoms with E-state index in [1.54, 1.807) is 0 Å². The number of nitrogens with two attached hydrogens (primary N) is 1. The minimum absolute atomic E-state index is 0.0180. The first-order chi connectivity index (χ1) is 9.76. The van der Waals surface area contributed by atoms with E-state index in [2.05, 4.69) is 14.9 Å². The lowest BCUT2D eigenvalue weighted by atomic mass is 9.95. The van der Waals surface area contributed by atoms with Gasteiger partial charge in [0.05, 0.1) is 12.1 Å². The predicted octanol–water partition coefficient (Wildman–Crippen LogP) is 1.55.